The first-order valence-corrected chi connectivity index (χ1v) is 7.60. The number of carbonyl (C=O) groups excluding carboxylic acids is 1. The average molecular weight is 274 g/mol. The van der Waals surface area contributed by atoms with Crippen LogP contribution in [0.1, 0.15) is 45.6 Å². The molecule has 1 aliphatic rings. The van der Waals surface area contributed by atoms with Crippen LogP contribution in [-0.4, -0.2) is 12.5 Å². The van der Waals surface area contributed by atoms with Gasteiger partial charge in [-0.1, -0.05) is 32.4 Å². The van der Waals surface area contributed by atoms with E-state index in [0.29, 0.717) is 13.1 Å². The maximum Gasteiger partial charge on any atom is 0.230 e. The highest BCUT2D eigenvalue weighted by Gasteiger charge is 2.41. The number of benzene rings is 1. The third kappa shape index (κ3) is 2.88. The number of carbonyl (C=O) groups is 1. The smallest absolute Gasteiger partial charge is 0.230 e. The molecule has 0 spiro atoms. The fourth-order valence-electron chi connectivity index (χ4n) is 3.25. The van der Waals surface area contributed by atoms with E-state index in [2.05, 4.69) is 13.8 Å². The number of hydrogen-bond acceptors (Lipinski definition) is 2. The third-order valence-electron chi connectivity index (χ3n) is 4.62. The Morgan fingerprint density at radius 3 is 2.45 bits per heavy atom. The van der Waals surface area contributed by atoms with E-state index < -0.39 is 0 Å². The van der Waals surface area contributed by atoms with Crippen LogP contribution in [0.15, 0.2) is 24.3 Å². The molecular formula is C17H26N2O. The molecule has 110 valence electrons. The molecule has 1 amide bonds. The van der Waals surface area contributed by atoms with Crippen LogP contribution < -0.4 is 10.6 Å². The molecular weight excluding hydrogens is 248 g/mol. The summed E-state index contributed by atoms with van der Waals surface area (Å²) < 4.78 is 0. The van der Waals surface area contributed by atoms with Crippen molar-refractivity contribution in [1.29, 1.82) is 0 Å². The first-order chi connectivity index (χ1) is 9.49. The lowest BCUT2D eigenvalue weighted by Gasteiger charge is -2.31. The highest BCUT2D eigenvalue weighted by molar-refractivity contribution is 5.95. The minimum atomic E-state index is 0.127. The highest BCUT2D eigenvalue weighted by atomic mass is 16.2. The Balaban J connectivity index is 2.20. The second kappa shape index (κ2) is 5.96. The minimum absolute atomic E-state index is 0.127. The molecule has 1 aliphatic carbocycles. The van der Waals surface area contributed by atoms with Crippen molar-refractivity contribution in [2.75, 3.05) is 11.4 Å². The second-order valence-corrected chi connectivity index (χ2v) is 6.39. The topological polar surface area (TPSA) is 46.3 Å². The van der Waals surface area contributed by atoms with Crippen molar-refractivity contribution in [3.8, 4) is 0 Å². The van der Waals surface area contributed by atoms with Gasteiger partial charge in [0.05, 0.1) is 0 Å². The summed E-state index contributed by atoms with van der Waals surface area (Å²) in [5, 5.41) is 0. The van der Waals surface area contributed by atoms with Gasteiger partial charge in [0.15, 0.2) is 0 Å². The Morgan fingerprint density at radius 1 is 1.35 bits per heavy atom. The molecule has 2 N–H and O–H groups in total. The van der Waals surface area contributed by atoms with E-state index in [1.165, 1.54) is 0 Å². The average Bonchev–Trinajstić information content (AvgIpc) is 2.79. The normalized spacial score (nSPS) is 20.9. The molecule has 1 saturated carbocycles. The van der Waals surface area contributed by atoms with Crippen LogP contribution in [0.4, 0.5) is 5.69 Å². The fourth-order valence-corrected chi connectivity index (χ4v) is 3.25. The standard InChI is InChI=1S/C17H26N2O/c1-4-19(14-9-7-13(12-18)8-10-14)16(20)15-6-5-11-17(15,2)3/h7-10,15H,4-6,11-12,18H2,1-3H3. The molecule has 1 fully saturated rings. The Hall–Kier alpha value is -1.35. The van der Waals surface area contributed by atoms with Crippen molar-refractivity contribution in [1.82, 2.24) is 0 Å². The van der Waals surface area contributed by atoms with Crippen molar-refractivity contribution in [3.05, 3.63) is 29.8 Å². The predicted molar refractivity (Wildman–Crippen MR) is 83.5 cm³/mol. The summed E-state index contributed by atoms with van der Waals surface area (Å²) in [6.45, 7) is 7.72. The summed E-state index contributed by atoms with van der Waals surface area (Å²) >= 11 is 0. The third-order valence-corrected chi connectivity index (χ3v) is 4.62. The molecule has 1 unspecified atom stereocenters. The zero-order valence-electron chi connectivity index (χ0n) is 12.9. The summed E-state index contributed by atoms with van der Waals surface area (Å²) in [5.41, 5.74) is 7.83. The quantitative estimate of drug-likeness (QED) is 0.915. The van der Waals surface area contributed by atoms with Crippen molar-refractivity contribution in [3.63, 3.8) is 0 Å². The lowest BCUT2D eigenvalue weighted by molar-refractivity contribution is -0.124. The summed E-state index contributed by atoms with van der Waals surface area (Å²) in [4.78, 5) is 14.8. The van der Waals surface area contributed by atoms with Crippen molar-refractivity contribution >= 4 is 11.6 Å². The van der Waals surface area contributed by atoms with Gasteiger partial charge in [0.1, 0.15) is 0 Å². The molecule has 0 heterocycles. The SMILES string of the molecule is CCN(C(=O)C1CCCC1(C)C)c1ccc(CN)cc1. The van der Waals surface area contributed by atoms with Crippen LogP contribution >= 0.6 is 0 Å². The second-order valence-electron chi connectivity index (χ2n) is 6.39. The largest absolute Gasteiger partial charge is 0.326 e. The maximum absolute atomic E-state index is 12.8. The number of rotatable bonds is 4. The molecule has 20 heavy (non-hydrogen) atoms. The molecule has 1 aromatic rings. The van der Waals surface area contributed by atoms with Crippen molar-refractivity contribution < 1.29 is 4.79 Å². The Bertz CT molecular complexity index is 464. The van der Waals surface area contributed by atoms with Crippen LogP contribution in [-0.2, 0) is 11.3 Å². The molecule has 0 aliphatic heterocycles. The molecule has 1 aromatic carbocycles. The molecule has 0 bridgehead atoms. The van der Waals surface area contributed by atoms with Crippen LogP contribution in [0.2, 0.25) is 0 Å². The zero-order valence-corrected chi connectivity index (χ0v) is 12.9. The first kappa shape index (κ1) is 15.0. The van der Waals surface area contributed by atoms with Crippen molar-refractivity contribution in [2.45, 2.75) is 46.6 Å². The van der Waals surface area contributed by atoms with E-state index in [1.807, 2.05) is 36.1 Å². The van der Waals surface area contributed by atoms with Crippen LogP contribution in [0.5, 0.6) is 0 Å². The lowest BCUT2D eigenvalue weighted by atomic mass is 9.81. The number of nitrogens with two attached hydrogens (primary N) is 1. The summed E-state index contributed by atoms with van der Waals surface area (Å²) in [5.74, 6) is 0.423. The van der Waals surface area contributed by atoms with Crippen LogP contribution in [0.3, 0.4) is 0 Å². The molecule has 1 atom stereocenters. The van der Waals surface area contributed by atoms with Gasteiger partial charge in [-0.25, -0.2) is 0 Å². The van der Waals surface area contributed by atoms with E-state index in [9.17, 15) is 4.79 Å². The fraction of sp³-hybridized carbons (Fsp3) is 0.588. The van der Waals surface area contributed by atoms with Gasteiger partial charge in [0, 0.05) is 24.7 Å². The summed E-state index contributed by atoms with van der Waals surface area (Å²) in [7, 11) is 0. The number of anilines is 1. The molecule has 2 rings (SSSR count). The Morgan fingerprint density at radius 2 is 2.00 bits per heavy atom. The molecule has 0 radical (unpaired) electrons. The van der Waals surface area contributed by atoms with Gasteiger partial charge in [0.25, 0.3) is 0 Å². The monoisotopic (exact) mass is 274 g/mol. The summed E-state index contributed by atoms with van der Waals surface area (Å²) in [6.07, 6.45) is 3.32. The lowest BCUT2D eigenvalue weighted by Crippen LogP contribution is -2.40. The van der Waals surface area contributed by atoms with Gasteiger partial charge in [-0.2, -0.15) is 0 Å². The van der Waals surface area contributed by atoms with Crippen LogP contribution in [0, 0.1) is 11.3 Å². The first-order valence-electron chi connectivity index (χ1n) is 7.60. The van der Waals surface area contributed by atoms with E-state index >= 15 is 0 Å². The van der Waals surface area contributed by atoms with Crippen LogP contribution in [0.25, 0.3) is 0 Å². The minimum Gasteiger partial charge on any atom is -0.326 e. The zero-order chi connectivity index (χ0) is 14.8. The molecule has 3 heteroatoms. The van der Waals surface area contributed by atoms with Gasteiger partial charge in [0.2, 0.25) is 5.91 Å². The van der Waals surface area contributed by atoms with Gasteiger partial charge >= 0.3 is 0 Å². The molecule has 0 saturated heterocycles. The van der Waals surface area contributed by atoms with E-state index in [1.54, 1.807) is 0 Å². The van der Waals surface area contributed by atoms with Gasteiger partial charge < -0.3 is 10.6 Å². The summed E-state index contributed by atoms with van der Waals surface area (Å²) in [6, 6.07) is 8.02. The molecule has 3 nitrogen and oxygen atoms in total. The predicted octanol–water partition coefficient (Wildman–Crippen LogP) is 3.32. The van der Waals surface area contributed by atoms with E-state index in [4.69, 9.17) is 5.73 Å². The van der Waals surface area contributed by atoms with Gasteiger partial charge in [-0.3, -0.25) is 4.79 Å². The van der Waals surface area contributed by atoms with Gasteiger partial charge in [-0.15, -0.1) is 0 Å². The number of nitrogens with zero attached hydrogens (tertiary/aromatic N) is 1. The molecule has 0 aromatic heterocycles. The van der Waals surface area contributed by atoms with Crippen molar-refractivity contribution in [2.24, 2.45) is 17.1 Å². The van der Waals surface area contributed by atoms with Gasteiger partial charge in [-0.05, 0) is 42.9 Å². The highest BCUT2D eigenvalue weighted by Crippen LogP contribution is 2.43. The number of hydrogen-bond donors (Lipinski definition) is 1. The maximum atomic E-state index is 12.8. The van der Waals surface area contributed by atoms with E-state index in [0.717, 1.165) is 30.5 Å². The van der Waals surface area contributed by atoms with E-state index in [-0.39, 0.29) is 17.2 Å². The Labute approximate surface area is 122 Å². The Kier molecular flexibility index (Phi) is 4.48. The number of amides is 1.